The molecule has 0 amide bonds. The minimum absolute atomic E-state index is 0. The van der Waals surface area contributed by atoms with Crippen molar-refractivity contribution in [3.63, 3.8) is 0 Å². The van der Waals surface area contributed by atoms with Crippen LogP contribution >= 0.6 is 12.4 Å². The molecule has 0 bridgehead atoms. The van der Waals surface area contributed by atoms with Crippen molar-refractivity contribution in [2.24, 2.45) is 0 Å². The van der Waals surface area contributed by atoms with E-state index in [0.29, 0.717) is 12.6 Å². The zero-order valence-electron chi connectivity index (χ0n) is 18.6. The van der Waals surface area contributed by atoms with Gasteiger partial charge in [0.15, 0.2) is 0 Å². The predicted molar refractivity (Wildman–Crippen MR) is 123 cm³/mol. The minimum atomic E-state index is -4.39. The Bertz CT molecular complexity index is 852. The Morgan fingerprint density at radius 2 is 1.42 bits per heavy atom. The molecule has 0 radical (unpaired) electrons. The summed E-state index contributed by atoms with van der Waals surface area (Å²) in [5.74, 6) is -0.197. The molecular formula is C24H31ClF4N4. The van der Waals surface area contributed by atoms with Gasteiger partial charge in [0.25, 0.3) is 0 Å². The molecule has 0 saturated carbocycles. The van der Waals surface area contributed by atoms with Gasteiger partial charge < -0.3 is 0 Å². The number of pyridine rings is 1. The standard InChI is InChI=1S/C24H30F4N4.ClH/c25-21-5-2-19(3-6-21)17-30-10-1-11-32(15-14-30)22-8-12-31(13-9-22)18-20-4-7-23(29-16-20)24(26,27)28;/h2-7,16,22H,1,8-15,17-18H2;1H. The van der Waals surface area contributed by atoms with E-state index in [9.17, 15) is 17.6 Å². The van der Waals surface area contributed by atoms with Crippen LogP contribution in [0.3, 0.4) is 0 Å². The van der Waals surface area contributed by atoms with E-state index in [4.69, 9.17) is 0 Å². The molecule has 0 atom stereocenters. The van der Waals surface area contributed by atoms with Gasteiger partial charge in [-0.1, -0.05) is 18.2 Å². The number of piperidine rings is 1. The van der Waals surface area contributed by atoms with Gasteiger partial charge in [-0.2, -0.15) is 13.2 Å². The summed E-state index contributed by atoms with van der Waals surface area (Å²) in [6.45, 7) is 7.57. The number of benzene rings is 1. The predicted octanol–water partition coefficient (Wildman–Crippen LogP) is 4.83. The summed E-state index contributed by atoms with van der Waals surface area (Å²) in [5.41, 5.74) is 1.13. The molecule has 1 aromatic heterocycles. The van der Waals surface area contributed by atoms with Crippen molar-refractivity contribution in [1.82, 2.24) is 19.7 Å². The van der Waals surface area contributed by atoms with Crippen LogP contribution in [0.5, 0.6) is 0 Å². The van der Waals surface area contributed by atoms with Gasteiger partial charge in [-0.05, 0) is 74.8 Å². The normalized spacial score (nSPS) is 19.8. The first kappa shape index (κ1) is 25.9. The van der Waals surface area contributed by atoms with Crippen LogP contribution < -0.4 is 0 Å². The van der Waals surface area contributed by atoms with Gasteiger partial charge >= 0.3 is 6.18 Å². The third-order valence-electron chi connectivity index (χ3n) is 6.54. The number of alkyl halides is 3. The quantitative estimate of drug-likeness (QED) is 0.564. The fourth-order valence-corrected chi connectivity index (χ4v) is 4.75. The summed E-state index contributed by atoms with van der Waals surface area (Å²) in [5, 5.41) is 0. The lowest BCUT2D eigenvalue weighted by Gasteiger charge is -2.38. The molecular weight excluding hydrogens is 456 g/mol. The first-order chi connectivity index (χ1) is 15.4. The third-order valence-corrected chi connectivity index (χ3v) is 6.54. The molecule has 0 N–H and O–H groups in total. The summed E-state index contributed by atoms with van der Waals surface area (Å²) in [7, 11) is 0. The van der Waals surface area contributed by atoms with Crippen LogP contribution in [0.25, 0.3) is 0 Å². The fraction of sp³-hybridized carbons (Fsp3) is 0.542. The lowest BCUT2D eigenvalue weighted by atomic mass is 10.0. The number of hydrogen-bond acceptors (Lipinski definition) is 4. The van der Waals surface area contributed by atoms with Crippen LogP contribution in [0.4, 0.5) is 17.6 Å². The van der Waals surface area contributed by atoms with Crippen molar-refractivity contribution < 1.29 is 17.6 Å². The van der Waals surface area contributed by atoms with E-state index in [1.807, 2.05) is 12.1 Å². The van der Waals surface area contributed by atoms with Crippen LogP contribution in [0.2, 0.25) is 0 Å². The van der Waals surface area contributed by atoms with E-state index in [0.717, 1.165) is 82.3 Å². The van der Waals surface area contributed by atoms with Crippen LogP contribution in [0.15, 0.2) is 42.6 Å². The van der Waals surface area contributed by atoms with E-state index in [-0.39, 0.29) is 18.2 Å². The first-order valence-electron chi connectivity index (χ1n) is 11.3. The maximum atomic E-state index is 13.1. The van der Waals surface area contributed by atoms with Gasteiger partial charge in [-0.3, -0.25) is 19.7 Å². The van der Waals surface area contributed by atoms with Crippen molar-refractivity contribution in [1.29, 1.82) is 0 Å². The molecule has 2 aliphatic heterocycles. The highest BCUT2D eigenvalue weighted by Gasteiger charge is 2.32. The Kier molecular flexibility index (Phi) is 9.09. The summed E-state index contributed by atoms with van der Waals surface area (Å²) in [4.78, 5) is 10.9. The van der Waals surface area contributed by atoms with Crippen molar-refractivity contribution in [2.45, 2.75) is 44.6 Å². The highest BCUT2D eigenvalue weighted by atomic mass is 35.5. The molecule has 0 spiro atoms. The maximum Gasteiger partial charge on any atom is 0.433 e. The summed E-state index contributed by atoms with van der Waals surface area (Å²) >= 11 is 0. The Labute approximate surface area is 199 Å². The molecule has 2 fully saturated rings. The lowest BCUT2D eigenvalue weighted by Crippen LogP contribution is -2.45. The van der Waals surface area contributed by atoms with Crippen molar-refractivity contribution in [2.75, 3.05) is 39.3 Å². The highest BCUT2D eigenvalue weighted by molar-refractivity contribution is 5.85. The number of rotatable bonds is 5. The number of aromatic nitrogens is 1. The molecule has 2 saturated heterocycles. The molecule has 4 nitrogen and oxygen atoms in total. The third kappa shape index (κ3) is 7.37. The largest absolute Gasteiger partial charge is 0.433 e. The van der Waals surface area contributed by atoms with Gasteiger partial charge in [0.05, 0.1) is 0 Å². The number of halogens is 5. The van der Waals surface area contributed by atoms with Crippen molar-refractivity contribution in [3.8, 4) is 0 Å². The highest BCUT2D eigenvalue weighted by Crippen LogP contribution is 2.27. The number of hydrogen-bond donors (Lipinski definition) is 0. The van der Waals surface area contributed by atoms with Crippen molar-refractivity contribution in [3.05, 3.63) is 65.2 Å². The molecule has 9 heteroatoms. The molecule has 2 aliphatic rings. The van der Waals surface area contributed by atoms with Crippen LogP contribution in [0, 0.1) is 5.82 Å². The average molecular weight is 487 g/mol. The monoisotopic (exact) mass is 486 g/mol. The number of likely N-dealkylation sites (tertiary alicyclic amines) is 1. The van der Waals surface area contributed by atoms with E-state index in [1.165, 1.54) is 24.4 Å². The van der Waals surface area contributed by atoms with E-state index < -0.39 is 11.9 Å². The molecule has 3 heterocycles. The smallest absolute Gasteiger partial charge is 0.299 e. The second kappa shape index (κ2) is 11.6. The van der Waals surface area contributed by atoms with Crippen LogP contribution in [-0.4, -0.2) is 65.0 Å². The second-order valence-electron chi connectivity index (χ2n) is 8.85. The molecule has 0 aliphatic carbocycles. The first-order valence-corrected chi connectivity index (χ1v) is 11.3. The molecule has 0 unspecified atom stereocenters. The zero-order valence-corrected chi connectivity index (χ0v) is 19.4. The van der Waals surface area contributed by atoms with Crippen molar-refractivity contribution >= 4 is 12.4 Å². The molecule has 1 aromatic carbocycles. The van der Waals surface area contributed by atoms with Crippen LogP contribution in [0.1, 0.15) is 36.1 Å². The molecule has 182 valence electrons. The van der Waals surface area contributed by atoms with E-state index in [2.05, 4.69) is 19.7 Å². The minimum Gasteiger partial charge on any atom is -0.299 e. The van der Waals surface area contributed by atoms with Gasteiger partial charge in [-0.25, -0.2) is 4.39 Å². The Hall–Kier alpha value is -1.74. The topological polar surface area (TPSA) is 22.6 Å². The molecule has 33 heavy (non-hydrogen) atoms. The van der Waals surface area contributed by atoms with Gasteiger partial charge in [-0.15, -0.1) is 12.4 Å². The SMILES string of the molecule is Cl.Fc1ccc(CN2CCCN(C3CCN(Cc4ccc(C(F)(F)F)nc4)CC3)CC2)cc1. The summed E-state index contributed by atoms with van der Waals surface area (Å²) in [6.07, 6.45) is 0.231. The lowest BCUT2D eigenvalue weighted by molar-refractivity contribution is -0.141. The second-order valence-corrected chi connectivity index (χ2v) is 8.85. The van der Waals surface area contributed by atoms with Gasteiger partial charge in [0, 0.05) is 38.4 Å². The molecule has 4 rings (SSSR count). The Morgan fingerprint density at radius 3 is 2.06 bits per heavy atom. The van der Waals surface area contributed by atoms with Crippen LogP contribution in [-0.2, 0) is 19.3 Å². The summed E-state index contributed by atoms with van der Waals surface area (Å²) < 4.78 is 51.2. The maximum absolute atomic E-state index is 13.1. The van der Waals surface area contributed by atoms with E-state index >= 15 is 0 Å². The fourth-order valence-electron chi connectivity index (χ4n) is 4.75. The Morgan fingerprint density at radius 1 is 0.788 bits per heavy atom. The van der Waals surface area contributed by atoms with Gasteiger partial charge in [0.2, 0.25) is 0 Å². The van der Waals surface area contributed by atoms with E-state index in [1.54, 1.807) is 0 Å². The Balaban J connectivity index is 0.00000306. The summed E-state index contributed by atoms with van der Waals surface area (Å²) in [6, 6.07) is 9.92. The average Bonchev–Trinajstić information content (AvgIpc) is 3.01. The van der Waals surface area contributed by atoms with Gasteiger partial charge in [0.1, 0.15) is 11.5 Å². The molecule has 2 aromatic rings. The number of nitrogens with zero attached hydrogens (tertiary/aromatic N) is 4. The zero-order chi connectivity index (χ0) is 22.6.